The van der Waals surface area contributed by atoms with E-state index in [1.807, 2.05) is 14.0 Å². The molecular formula is C10H17N3S. The zero-order valence-electron chi connectivity index (χ0n) is 9.24. The number of aromatic nitrogens is 2. The standard InChI is InChI=1S/C10H17N3S/c1-7(2)6-13(5)10-12-11-9(14-10)8(3)4/h8H,1,6H2,2-5H3. The van der Waals surface area contributed by atoms with E-state index in [0.29, 0.717) is 5.92 Å². The molecule has 0 aliphatic heterocycles. The van der Waals surface area contributed by atoms with Gasteiger partial charge >= 0.3 is 0 Å². The van der Waals surface area contributed by atoms with Crippen molar-refractivity contribution in [3.8, 4) is 0 Å². The maximum atomic E-state index is 4.14. The molecule has 0 radical (unpaired) electrons. The molecule has 3 nitrogen and oxygen atoms in total. The van der Waals surface area contributed by atoms with Gasteiger partial charge in [-0.2, -0.15) is 0 Å². The Labute approximate surface area is 89.5 Å². The normalized spacial score (nSPS) is 10.6. The summed E-state index contributed by atoms with van der Waals surface area (Å²) in [6.07, 6.45) is 0. The van der Waals surface area contributed by atoms with Gasteiger partial charge in [0.1, 0.15) is 5.01 Å². The van der Waals surface area contributed by atoms with Crippen LogP contribution < -0.4 is 4.90 Å². The molecule has 0 aromatic carbocycles. The van der Waals surface area contributed by atoms with Crippen molar-refractivity contribution < 1.29 is 0 Å². The first-order chi connectivity index (χ1) is 6.50. The molecule has 0 amide bonds. The van der Waals surface area contributed by atoms with Gasteiger partial charge < -0.3 is 4.90 Å². The summed E-state index contributed by atoms with van der Waals surface area (Å²) in [6, 6.07) is 0. The highest BCUT2D eigenvalue weighted by Crippen LogP contribution is 2.24. The van der Waals surface area contributed by atoms with Crippen LogP contribution in [0.25, 0.3) is 0 Å². The lowest BCUT2D eigenvalue weighted by Crippen LogP contribution is -2.18. The predicted octanol–water partition coefficient (Wildman–Crippen LogP) is 2.67. The second-order valence-electron chi connectivity index (χ2n) is 3.89. The highest BCUT2D eigenvalue weighted by molar-refractivity contribution is 7.15. The van der Waals surface area contributed by atoms with Gasteiger partial charge in [0, 0.05) is 19.5 Å². The Kier molecular flexibility index (Phi) is 3.63. The van der Waals surface area contributed by atoms with Crippen molar-refractivity contribution in [3.05, 3.63) is 17.2 Å². The third kappa shape index (κ3) is 2.80. The van der Waals surface area contributed by atoms with Gasteiger partial charge in [0.05, 0.1) is 0 Å². The van der Waals surface area contributed by atoms with Crippen LogP contribution in [0.15, 0.2) is 12.2 Å². The lowest BCUT2D eigenvalue weighted by Gasteiger charge is -2.14. The van der Waals surface area contributed by atoms with Crippen LogP contribution in [0.2, 0.25) is 0 Å². The second-order valence-corrected chi connectivity index (χ2v) is 4.88. The molecule has 1 aromatic heterocycles. The fraction of sp³-hybridized carbons (Fsp3) is 0.600. The molecule has 4 heteroatoms. The molecule has 0 N–H and O–H groups in total. The van der Waals surface area contributed by atoms with Crippen LogP contribution >= 0.6 is 11.3 Å². The van der Waals surface area contributed by atoms with E-state index in [2.05, 4.69) is 35.5 Å². The average molecular weight is 211 g/mol. The molecule has 0 aliphatic carbocycles. The summed E-state index contributed by atoms with van der Waals surface area (Å²) in [7, 11) is 2.01. The van der Waals surface area contributed by atoms with Gasteiger partial charge in [-0.05, 0) is 6.92 Å². The Morgan fingerprint density at radius 3 is 2.57 bits per heavy atom. The maximum Gasteiger partial charge on any atom is 0.208 e. The summed E-state index contributed by atoms with van der Waals surface area (Å²) in [5.74, 6) is 0.458. The predicted molar refractivity (Wildman–Crippen MR) is 62.1 cm³/mol. The molecular weight excluding hydrogens is 194 g/mol. The van der Waals surface area contributed by atoms with Crippen molar-refractivity contribution in [2.75, 3.05) is 18.5 Å². The highest BCUT2D eigenvalue weighted by atomic mass is 32.1. The molecule has 1 heterocycles. The van der Waals surface area contributed by atoms with E-state index >= 15 is 0 Å². The van der Waals surface area contributed by atoms with E-state index in [-0.39, 0.29) is 0 Å². The minimum atomic E-state index is 0.458. The monoisotopic (exact) mass is 211 g/mol. The van der Waals surface area contributed by atoms with Gasteiger partial charge in [0.2, 0.25) is 5.13 Å². The zero-order valence-corrected chi connectivity index (χ0v) is 10.1. The van der Waals surface area contributed by atoms with Gasteiger partial charge in [0.25, 0.3) is 0 Å². The van der Waals surface area contributed by atoms with Gasteiger partial charge in [-0.1, -0.05) is 37.3 Å². The number of hydrogen-bond acceptors (Lipinski definition) is 4. The summed E-state index contributed by atoms with van der Waals surface area (Å²) in [4.78, 5) is 2.08. The summed E-state index contributed by atoms with van der Waals surface area (Å²) in [6.45, 7) is 11.0. The fourth-order valence-corrected chi connectivity index (χ4v) is 1.89. The SMILES string of the molecule is C=C(C)CN(C)c1nnc(C(C)C)s1. The number of likely N-dealkylation sites (N-methyl/N-ethyl adjacent to an activating group) is 1. The van der Waals surface area contributed by atoms with Crippen LogP contribution in [0.4, 0.5) is 5.13 Å². The lowest BCUT2D eigenvalue weighted by atomic mass is 10.2. The summed E-state index contributed by atoms with van der Waals surface area (Å²) < 4.78 is 0. The van der Waals surface area contributed by atoms with Crippen LogP contribution in [0, 0.1) is 0 Å². The Balaban J connectivity index is 2.71. The van der Waals surface area contributed by atoms with Crippen LogP contribution in [-0.2, 0) is 0 Å². The molecule has 14 heavy (non-hydrogen) atoms. The minimum absolute atomic E-state index is 0.458. The second kappa shape index (κ2) is 4.55. The third-order valence-electron chi connectivity index (χ3n) is 1.76. The first-order valence-electron chi connectivity index (χ1n) is 4.69. The first kappa shape index (κ1) is 11.2. The molecule has 0 fully saturated rings. The van der Waals surface area contributed by atoms with Gasteiger partial charge in [-0.3, -0.25) is 0 Å². The highest BCUT2D eigenvalue weighted by Gasteiger charge is 2.10. The summed E-state index contributed by atoms with van der Waals surface area (Å²) in [5.41, 5.74) is 1.13. The van der Waals surface area contributed by atoms with Crippen molar-refractivity contribution in [2.24, 2.45) is 0 Å². The van der Waals surface area contributed by atoms with E-state index < -0.39 is 0 Å². The van der Waals surface area contributed by atoms with E-state index in [9.17, 15) is 0 Å². The zero-order chi connectivity index (χ0) is 10.7. The lowest BCUT2D eigenvalue weighted by molar-refractivity contribution is 0.820. The molecule has 0 aliphatic rings. The summed E-state index contributed by atoms with van der Waals surface area (Å²) in [5, 5.41) is 10.3. The van der Waals surface area contributed by atoms with Crippen LogP contribution in [0.3, 0.4) is 0 Å². The molecule has 1 aromatic rings. The van der Waals surface area contributed by atoms with Crippen LogP contribution in [0.5, 0.6) is 0 Å². The quantitative estimate of drug-likeness (QED) is 0.717. The molecule has 0 unspecified atom stereocenters. The van der Waals surface area contributed by atoms with E-state index in [1.165, 1.54) is 0 Å². The number of anilines is 1. The van der Waals surface area contributed by atoms with Crippen molar-refractivity contribution in [1.82, 2.24) is 10.2 Å². The van der Waals surface area contributed by atoms with E-state index in [4.69, 9.17) is 0 Å². The molecule has 0 spiro atoms. The Bertz CT molecular complexity index is 317. The molecule has 0 saturated carbocycles. The van der Waals surface area contributed by atoms with Gasteiger partial charge in [-0.15, -0.1) is 10.2 Å². The summed E-state index contributed by atoms with van der Waals surface area (Å²) >= 11 is 1.65. The van der Waals surface area contributed by atoms with Crippen molar-refractivity contribution in [1.29, 1.82) is 0 Å². The Morgan fingerprint density at radius 2 is 2.14 bits per heavy atom. The van der Waals surface area contributed by atoms with Crippen molar-refractivity contribution in [3.63, 3.8) is 0 Å². The topological polar surface area (TPSA) is 29.0 Å². The van der Waals surface area contributed by atoms with Gasteiger partial charge in [-0.25, -0.2) is 0 Å². The van der Waals surface area contributed by atoms with Crippen LogP contribution in [-0.4, -0.2) is 23.8 Å². The molecule has 0 atom stereocenters. The first-order valence-corrected chi connectivity index (χ1v) is 5.51. The Morgan fingerprint density at radius 1 is 1.50 bits per heavy atom. The average Bonchev–Trinajstić information content (AvgIpc) is 2.50. The largest absolute Gasteiger partial charge is 0.346 e. The Hall–Kier alpha value is -0.900. The molecule has 0 saturated heterocycles. The van der Waals surface area contributed by atoms with Crippen molar-refractivity contribution in [2.45, 2.75) is 26.7 Å². The number of hydrogen-bond donors (Lipinski definition) is 0. The van der Waals surface area contributed by atoms with Gasteiger partial charge in [0.15, 0.2) is 0 Å². The minimum Gasteiger partial charge on any atom is -0.346 e. The molecule has 78 valence electrons. The van der Waals surface area contributed by atoms with E-state index in [0.717, 1.165) is 22.3 Å². The number of nitrogens with zero attached hydrogens (tertiary/aromatic N) is 3. The smallest absolute Gasteiger partial charge is 0.208 e. The van der Waals surface area contributed by atoms with Crippen LogP contribution in [0.1, 0.15) is 31.7 Å². The number of rotatable bonds is 4. The molecule has 1 rings (SSSR count). The molecule has 0 bridgehead atoms. The fourth-order valence-electron chi connectivity index (χ4n) is 1.09. The van der Waals surface area contributed by atoms with E-state index in [1.54, 1.807) is 11.3 Å². The third-order valence-corrected chi connectivity index (χ3v) is 3.10. The van der Waals surface area contributed by atoms with Crippen molar-refractivity contribution >= 4 is 16.5 Å². The maximum absolute atomic E-state index is 4.14.